The maximum atomic E-state index is 11.9. The first kappa shape index (κ1) is 13.4. The molecule has 1 aliphatic rings. The van der Waals surface area contributed by atoms with Crippen molar-refractivity contribution in [3.05, 3.63) is 23.3 Å². The molecule has 0 bridgehead atoms. The highest BCUT2D eigenvalue weighted by Crippen LogP contribution is 2.47. The standard InChI is InChI=1S/C15H14O6/c1-6-3-7-4-8-12(14(18)11(7)15(19)21-6)9(16)5-10(20-2)13(8)17/h4-6,16-18H,3H2,1-2H3/t6-/m1/s1. The van der Waals surface area contributed by atoms with Gasteiger partial charge in [-0.15, -0.1) is 0 Å². The van der Waals surface area contributed by atoms with Gasteiger partial charge in [0, 0.05) is 17.9 Å². The number of hydrogen-bond donors (Lipinski definition) is 3. The number of methoxy groups -OCH3 is 1. The van der Waals surface area contributed by atoms with E-state index in [1.807, 2.05) is 0 Å². The molecular formula is C15H14O6. The minimum Gasteiger partial charge on any atom is -0.507 e. The molecule has 0 aliphatic carbocycles. The van der Waals surface area contributed by atoms with Crippen LogP contribution in [0.5, 0.6) is 23.0 Å². The van der Waals surface area contributed by atoms with Gasteiger partial charge in [0.15, 0.2) is 11.5 Å². The Morgan fingerprint density at radius 1 is 1.24 bits per heavy atom. The third kappa shape index (κ3) is 1.83. The Hall–Kier alpha value is -2.63. The molecule has 0 spiro atoms. The lowest BCUT2D eigenvalue weighted by atomic mass is 9.93. The fourth-order valence-corrected chi connectivity index (χ4v) is 2.70. The van der Waals surface area contributed by atoms with E-state index in [0.29, 0.717) is 12.0 Å². The van der Waals surface area contributed by atoms with Gasteiger partial charge in [-0.25, -0.2) is 4.79 Å². The maximum Gasteiger partial charge on any atom is 0.342 e. The molecule has 1 aliphatic heterocycles. The molecular weight excluding hydrogens is 276 g/mol. The minimum atomic E-state index is -0.641. The van der Waals surface area contributed by atoms with E-state index in [2.05, 4.69) is 0 Å². The summed E-state index contributed by atoms with van der Waals surface area (Å²) in [7, 11) is 1.36. The van der Waals surface area contributed by atoms with Crippen molar-refractivity contribution in [2.75, 3.05) is 7.11 Å². The number of ether oxygens (including phenoxy) is 2. The molecule has 0 saturated carbocycles. The minimum absolute atomic E-state index is 0.00134. The lowest BCUT2D eigenvalue weighted by Gasteiger charge is -2.23. The number of fused-ring (bicyclic) bond motifs is 2. The topological polar surface area (TPSA) is 96.2 Å². The number of esters is 1. The molecule has 6 heteroatoms. The largest absolute Gasteiger partial charge is 0.507 e. The molecule has 110 valence electrons. The molecule has 21 heavy (non-hydrogen) atoms. The molecule has 0 aromatic heterocycles. The fraction of sp³-hybridized carbons (Fsp3) is 0.267. The highest BCUT2D eigenvalue weighted by molar-refractivity contribution is 6.07. The second-order valence-electron chi connectivity index (χ2n) is 5.05. The van der Waals surface area contributed by atoms with Crippen LogP contribution in [0.15, 0.2) is 12.1 Å². The van der Waals surface area contributed by atoms with Crippen LogP contribution in [0.25, 0.3) is 10.8 Å². The summed E-state index contributed by atoms with van der Waals surface area (Å²) in [5, 5.41) is 30.7. The Bertz CT molecular complexity index is 765. The lowest BCUT2D eigenvalue weighted by Crippen LogP contribution is -2.25. The molecule has 3 N–H and O–H groups in total. The van der Waals surface area contributed by atoms with E-state index >= 15 is 0 Å². The van der Waals surface area contributed by atoms with Crippen LogP contribution in [-0.2, 0) is 11.2 Å². The number of carbonyl (C=O) groups excluding carboxylic acids is 1. The number of cyclic esters (lactones) is 1. The van der Waals surface area contributed by atoms with Crippen molar-refractivity contribution in [2.24, 2.45) is 0 Å². The molecule has 0 radical (unpaired) electrons. The van der Waals surface area contributed by atoms with Crippen LogP contribution < -0.4 is 4.74 Å². The maximum absolute atomic E-state index is 11.9. The van der Waals surface area contributed by atoms with Crippen LogP contribution in [0.4, 0.5) is 0 Å². The third-order valence-electron chi connectivity index (χ3n) is 3.63. The third-order valence-corrected chi connectivity index (χ3v) is 3.63. The molecule has 2 aromatic rings. The number of rotatable bonds is 1. The molecule has 0 amide bonds. The number of phenolic OH excluding ortho intramolecular Hbond substituents is 3. The molecule has 1 heterocycles. The second kappa shape index (κ2) is 4.44. The first-order valence-electron chi connectivity index (χ1n) is 6.42. The van der Waals surface area contributed by atoms with E-state index in [0.717, 1.165) is 0 Å². The summed E-state index contributed by atoms with van der Waals surface area (Å²) in [5.74, 6) is -1.43. The zero-order valence-corrected chi connectivity index (χ0v) is 11.5. The zero-order valence-electron chi connectivity index (χ0n) is 11.5. The van der Waals surface area contributed by atoms with Gasteiger partial charge in [0.2, 0.25) is 0 Å². The molecule has 6 nitrogen and oxygen atoms in total. The van der Waals surface area contributed by atoms with E-state index in [4.69, 9.17) is 9.47 Å². The molecule has 2 aromatic carbocycles. The first-order chi connectivity index (χ1) is 9.93. The Morgan fingerprint density at radius 3 is 2.62 bits per heavy atom. The van der Waals surface area contributed by atoms with E-state index in [1.165, 1.54) is 13.2 Å². The van der Waals surface area contributed by atoms with E-state index in [9.17, 15) is 20.1 Å². The smallest absolute Gasteiger partial charge is 0.342 e. The molecule has 0 saturated heterocycles. The van der Waals surface area contributed by atoms with Crippen molar-refractivity contribution in [1.82, 2.24) is 0 Å². The summed E-state index contributed by atoms with van der Waals surface area (Å²) in [4.78, 5) is 11.9. The van der Waals surface area contributed by atoms with E-state index in [-0.39, 0.29) is 39.7 Å². The van der Waals surface area contributed by atoms with Crippen LogP contribution >= 0.6 is 0 Å². The van der Waals surface area contributed by atoms with Gasteiger partial charge < -0.3 is 24.8 Å². The lowest BCUT2D eigenvalue weighted by molar-refractivity contribution is 0.0298. The van der Waals surface area contributed by atoms with Crippen molar-refractivity contribution in [3.63, 3.8) is 0 Å². The van der Waals surface area contributed by atoms with Gasteiger partial charge in [0.25, 0.3) is 0 Å². The summed E-state index contributed by atoms with van der Waals surface area (Å²) in [5.41, 5.74) is 0.590. The van der Waals surface area contributed by atoms with Gasteiger partial charge in [0.05, 0.1) is 12.5 Å². The molecule has 1 atom stereocenters. The van der Waals surface area contributed by atoms with Gasteiger partial charge in [-0.2, -0.15) is 0 Å². The summed E-state index contributed by atoms with van der Waals surface area (Å²) in [6.07, 6.45) is 0.102. The Balaban J connectivity index is 2.42. The van der Waals surface area contributed by atoms with Gasteiger partial charge in [-0.1, -0.05) is 0 Å². The van der Waals surface area contributed by atoms with Crippen molar-refractivity contribution in [2.45, 2.75) is 19.4 Å². The van der Waals surface area contributed by atoms with Crippen LogP contribution in [0, 0.1) is 0 Å². The second-order valence-corrected chi connectivity index (χ2v) is 5.05. The Labute approximate surface area is 120 Å². The molecule has 0 unspecified atom stereocenters. The average Bonchev–Trinajstić information content (AvgIpc) is 2.41. The predicted octanol–water partition coefficient (Wildman–Crippen LogP) is 2.07. The van der Waals surface area contributed by atoms with Crippen molar-refractivity contribution >= 4 is 16.7 Å². The number of hydrogen-bond acceptors (Lipinski definition) is 6. The summed E-state index contributed by atoms with van der Waals surface area (Å²) >= 11 is 0. The van der Waals surface area contributed by atoms with Gasteiger partial charge in [-0.3, -0.25) is 0 Å². The predicted molar refractivity (Wildman–Crippen MR) is 74.1 cm³/mol. The van der Waals surface area contributed by atoms with Crippen molar-refractivity contribution < 1.29 is 29.6 Å². The molecule has 3 rings (SSSR count). The van der Waals surface area contributed by atoms with E-state index in [1.54, 1.807) is 13.0 Å². The van der Waals surface area contributed by atoms with Crippen LogP contribution in [0.1, 0.15) is 22.8 Å². The Morgan fingerprint density at radius 2 is 1.95 bits per heavy atom. The van der Waals surface area contributed by atoms with Crippen molar-refractivity contribution in [3.8, 4) is 23.0 Å². The average molecular weight is 290 g/mol. The monoisotopic (exact) mass is 290 g/mol. The van der Waals surface area contributed by atoms with Crippen LogP contribution in [-0.4, -0.2) is 34.5 Å². The summed E-state index contributed by atoms with van der Waals surface area (Å²) in [6, 6.07) is 2.75. The van der Waals surface area contributed by atoms with E-state index < -0.39 is 11.7 Å². The zero-order chi connectivity index (χ0) is 15.3. The fourth-order valence-electron chi connectivity index (χ4n) is 2.70. The molecule has 0 fully saturated rings. The first-order valence-corrected chi connectivity index (χ1v) is 6.42. The number of phenols is 3. The number of carbonyl (C=O) groups is 1. The highest BCUT2D eigenvalue weighted by Gasteiger charge is 2.30. The number of aromatic hydroxyl groups is 3. The SMILES string of the molecule is COc1cc(O)c2c(O)c3c(cc2c1O)C[C@@H](C)OC3=O. The van der Waals surface area contributed by atoms with Crippen molar-refractivity contribution in [1.29, 1.82) is 0 Å². The highest BCUT2D eigenvalue weighted by atomic mass is 16.5. The quantitative estimate of drug-likeness (QED) is 0.549. The summed E-state index contributed by atoms with van der Waals surface area (Å²) in [6.45, 7) is 1.74. The van der Waals surface area contributed by atoms with Gasteiger partial charge >= 0.3 is 5.97 Å². The number of benzene rings is 2. The van der Waals surface area contributed by atoms with Gasteiger partial charge in [-0.05, 0) is 18.6 Å². The van der Waals surface area contributed by atoms with Crippen LogP contribution in [0.2, 0.25) is 0 Å². The van der Waals surface area contributed by atoms with Crippen LogP contribution in [0.3, 0.4) is 0 Å². The normalized spacial score (nSPS) is 17.4. The summed E-state index contributed by atoms with van der Waals surface area (Å²) < 4.78 is 10.1. The Kier molecular flexibility index (Phi) is 2.83. The van der Waals surface area contributed by atoms with Gasteiger partial charge in [0.1, 0.15) is 23.2 Å².